The Morgan fingerprint density at radius 3 is 2.93 bits per heavy atom. The maximum atomic E-state index is 9.40. The number of hydrogen-bond donors (Lipinski definition) is 1. The first-order valence-electron chi connectivity index (χ1n) is 5.28. The quantitative estimate of drug-likeness (QED) is 0.269. The molecule has 1 rings (SSSR count). The molecule has 2 atom stereocenters. The summed E-state index contributed by atoms with van der Waals surface area (Å²) in [6.45, 7) is 1.87. The van der Waals surface area contributed by atoms with Crippen molar-refractivity contribution in [1.29, 1.82) is 0 Å². The Morgan fingerprint density at radius 2 is 2.33 bits per heavy atom. The van der Waals surface area contributed by atoms with Gasteiger partial charge in [0, 0.05) is 20.1 Å². The minimum atomic E-state index is -1.41. The van der Waals surface area contributed by atoms with Gasteiger partial charge in [-0.15, -0.1) is 0 Å². The van der Waals surface area contributed by atoms with Gasteiger partial charge < -0.3 is 22.2 Å². The van der Waals surface area contributed by atoms with Crippen LogP contribution < -0.4 is 0 Å². The number of aliphatic hydroxyl groups excluding tert-OH is 1. The van der Waals surface area contributed by atoms with Gasteiger partial charge in [0.2, 0.25) is 0 Å². The maximum absolute atomic E-state index is 9.40. The van der Waals surface area contributed by atoms with Gasteiger partial charge in [0.15, 0.2) is 6.29 Å². The average molecular weight is 234 g/mol. The molecule has 0 radical (unpaired) electrons. The Morgan fingerprint density at radius 1 is 1.60 bits per heavy atom. The van der Waals surface area contributed by atoms with Crippen molar-refractivity contribution in [3.8, 4) is 0 Å². The second kappa shape index (κ2) is 7.58. The van der Waals surface area contributed by atoms with E-state index in [0.29, 0.717) is 19.6 Å². The maximum Gasteiger partial charge on any atom is 0.670 e. The standard InChI is InChI=1S/C7H13O4.CH3O.CH3.Al/c8-3-1-2-7(9)11-5-6-4-10-6;1-2;;/h6-7,9H,1-5H2;1H3;1H3;/q2*-1;;+2. The molecule has 0 saturated carbocycles. The SMILES string of the molecule is C[O][Al]([CH3])[O]CCCC(O)OCC1CO1. The molecule has 1 saturated heterocycles. The molecule has 6 heteroatoms. The molecule has 0 aromatic heterocycles. The lowest BCUT2D eigenvalue weighted by Crippen LogP contribution is -2.19. The van der Waals surface area contributed by atoms with E-state index < -0.39 is 21.1 Å². The molecule has 88 valence electrons. The molecule has 15 heavy (non-hydrogen) atoms. The molecular weight excluding hydrogens is 215 g/mol. The van der Waals surface area contributed by atoms with Gasteiger partial charge in [-0.3, -0.25) is 0 Å². The van der Waals surface area contributed by atoms with Gasteiger partial charge in [0.1, 0.15) is 6.10 Å². The molecule has 0 aromatic carbocycles. The van der Waals surface area contributed by atoms with Gasteiger partial charge in [-0.05, 0) is 6.42 Å². The van der Waals surface area contributed by atoms with Gasteiger partial charge in [-0.25, -0.2) is 0 Å². The highest BCUT2D eigenvalue weighted by atomic mass is 27.2. The second-order valence-electron chi connectivity index (χ2n) is 3.56. The Bertz CT molecular complexity index is 165. The lowest BCUT2D eigenvalue weighted by molar-refractivity contribution is -0.108. The molecule has 0 aliphatic carbocycles. The number of epoxide rings is 1. The fraction of sp³-hybridized carbons (Fsp3) is 1.00. The summed E-state index contributed by atoms with van der Waals surface area (Å²) in [6, 6.07) is 0. The summed E-state index contributed by atoms with van der Waals surface area (Å²) in [7, 11) is 1.66. The smallest absolute Gasteiger partial charge is 0.481 e. The minimum absolute atomic E-state index is 0.205. The van der Waals surface area contributed by atoms with E-state index in [4.69, 9.17) is 17.1 Å². The molecule has 0 amide bonds. The molecule has 0 aromatic rings. The van der Waals surface area contributed by atoms with Crippen LogP contribution in [0.15, 0.2) is 0 Å². The minimum Gasteiger partial charge on any atom is -0.481 e. The normalized spacial score (nSPS) is 21.4. The van der Waals surface area contributed by atoms with Crippen molar-refractivity contribution >= 4 is 14.8 Å². The van der Waals surface area contributed by atoms with Crippen LogP contribution in [0.1, 0.15) is 12.8 Å². The van der Waals surface area contributed by atoms with Crippen molar-refractivity contribution in [3.05, 3.63) is 0 Å². The van der Waals surface area contributed by atoms with E-state index in [-0.39, 0.29) is 6.10 Å². The third-order valence-electron chi connectivity index (χ3n) is 2.16. The fourth-order valence-electron chi connectivity index (χ4n) is 1.04. The van der Waals surface area contributed by atoms with Crippen molar-refractivity contribution < 1.29 is 22.2 Å². The van der Waals surface area contributed by atoms with Crippen LogP contribution in [0, 0.1) is 0 Å². The number of rotatable bonds is 9. The predicted molar refractivity (Wildman–Crippen MR) is 55.5 cm³/mol. The van der Waals surface area contributed by atoms with Crippen LogP contribution in [0.25, 0.3) is 0 Å². The average Bonchev–Trinajstić information content (AvgIpc) is 3.04. The van der Waals surface area contributed by atoms with Crippen molar-refractivity contribution in [2.45, 2.75) is 31.0 Å². The molecule has 1 N–H and O–H groups in total. The van der Waals surface area contributed by atoms with E-state index in [0.717, 1.165) is 13.0 Å². The Labute approximate surface area is 95.3 Å². The second-order valence-corrected chi connectivity index (χ2v) is 5.50. The van der Waals surface area contributed by atoms with Gasteiger partial charge in [-0.2, -0.15) is 0 Å². The van der Waals surface area contributed by atoms with Crippen LogP contribution >= 0.6 is 0 Å². The molecule has 1 fully saturated rings. The van der Waals surface area contributed by atoms with Crippen molar-refractivity contribution in [1.82, 2.24) is 0 Å². The van der Waals surface area contributed by atoms with E-state index in [1.54, 1.807) is 7.11 Å². The first-order valence-corrected chi connectivity index (χ1v) is 7.37. The van der Waals surface area contributed by atoms with Crippen LogP contribution in [-0.4, -0.2) is 59.2 Å². The van der Waals surface area contributed by atoms with Crippen molar-refractivity contribution in [3.63, 3.8) is 0 Å². The molecule has 1 heterocycles. The van der Waals surface area contributed by atoms with Crippen LogP contribution in [0.5, 0.6) is 0 Å². The highest BCUT2D eigenvalue weighted by molar-refractivity contribution is 6.42. The van der Waals surface area contributed by atoms with Crippen molar-refractivity contribution in [2.24, 2.45) is 0 Å². The topological polar surface area (TPSA) is 60.5 Å². The zero-order chi connectivity index (χ0) is 11.1. The molecule has 2 unspecified atom stereocenters. The van der Waals surface area contributed by atoms with Crippen LogP contribution in [0.3, 0.4) is 0 Å². The molecule has 1 aliphatic rings. The number of hydrogen-bond acceptors (Lipinski definition) is 5. The molecule has 5 nitrogen and oxygen atoms in total. The van der Waals surface area contributed by atoms with Crippen LogP contribution in [-0.2, 0) is 17.1 Å². The Balaban J connectivity index is 1.84. The largest absolute Gasteiger partial charge is 0.670 e. The van der Waals surface area contributed by atoms with Crippen LogP contribution in [0.2, 0.25) is 5.79 Å². The van der Waals surface area contributed by atoms with Gasteiger partial charge >= 0.3 is 14.8 Å². The molecular formula is C9H19AlO5. The molecule has 0 bridgehead atoms. The molecule has 0 spiro atoms. The summed E-state index contributed by atoms with van der Waals surface area (Å²) < 4.78 is 20.6. The third kappa shape index (κ3) is 7.26. The van der Waals surface area contributed by atoms with E-state index in [1.165, 1.54) is 0 Å². The summed E-state index contributed by atoms with van der Waals surface area (Å²) in [5.41, 5.74) is 0. The zero-order valence-corrected chi connectivity index (χ0v) is 10.5. The highest BCUT2D eigenvalue weighted by Gasteiger charge is 2.23. The van der Waals surface area contributed by atoms with Gasteiger partial charge in [0.25, 0.3) is 0 Å². The molecule has 1 aliphatic heterocycles. The zero-order valence-electron chi connectivity index (χ0n) is 9.35. The van der Waals surface area contributed by atoms with Gasteiger partial charge in [-0.1, -0.05) is 5.79 Å². The van der Waals surface area contributed by atoms with Crippen molar-refractivity contribution in [2.75, 3.05) is 26.9 Å². The summed E-state index contributed by atoms with van der Waals surface area (Å²) in [5, 5.41) is 9.40. The fourth-order valence-corrected chi connectivity index (χ4v) is 1.68. The first-order chi connectivity index (χ1) is 7.22. The lowest BCUT2D eigenvalue weighted by Gasteiger charge is -2.11. The third-order valence-corrected chi connectivity index (χ3v) is 3.53. The van der Waals surface area contributed by atoms with E-state index in [2.05, 4.69) is 0 Å². The summed E-state index contributed by atoms with van der Waals surface area (Å²) in [5.74, 6) is 1.97. The van der Waals surface area contributed by atoms with Crippen LogP contribution in [0.4, 0.5) is 0 Å². The summed E-state index contributed by atoms with van der Waals surface area (Å²) >= 11 is -1.41. The number of ether oxygens (including phenoxy) is 2. The lowest BCUT2D eigenvalue weighted by atomic mass is 10.3. The highest BCUT2D eigenvalue weighted by Crippen LogP contribution is 2.10. The monoisotopic (exact) mass is 234 g/mol. The summed E-state index contributed by atoms with van der Waals surface area (Å²) in [4.78, 5) is 0. The predicted octanol–water partition coefficient (Wildman–Crippen LogP) is 0.281. The first kappa shape index (κ1) is 13.4. The Kier molecular flexibility index (Phi) is 6.77. The Hall–Kier alpha value is 0.332. The van der Waals surface area contributed by atoms with E-state index in [9.17, 15) is 5.11 Å². The van der Waals surface area contributed by atoms with E-state index >= 15 is 0 Å². The summed E-state index contributed by atoms with van der Waals surface area (Å²) in [6.07, 6.45) is 0.888. The number of aliphatic hydroxyl groups is 1. The van der Waals surface area contributed by atoms with E-state index in [1.807, 2.05) is 5.79 Å². The van der Waals surface area contributed by atoms with Gasteiger partial charge in [0.05, 0.1) is 13.2 Å².